The summed E-state index contributed by atoms with van der Waals surface area (Å²) in [7, 11) is 0. The summed E-state index contributed by atoms with van der Waals surface area (Å²) in [6.45, 7) is 7.13. The molecular weight excluding hydrogens is 215 g/mol. The molecule has 2 N–H and O–H groups in total. The van der Waals surface area contributed by atoms with E-state index in [9.17, 15) is 4.39 Å². The Labute approximate surface area is 103 Å². The summed E-state index contributed by atoms with van der Waals surface area (Å²) in [6.07, 6.45) is 1.18. The van der Waals surface area contributed by atoms with Gasteiger partial charge >= 0.3 is 0 Å². The number of halogens is 1. The minimum absolute atomic E-state index is 0.152. The zero-order valence-electron chi connectivity index (χ0n) is 10.6. The molecule has 3 heteroatoms. The average molecular weight is 236 g/mol. The number of rotatable bonds is 3. The largest absolute Gasteiger partial charge is 0.328 e. The van der Waals surface area contributed by atoms with Crippen LogP contribution in [0.15, 0.2) is 18.2 Å². The number of nitrogens with two attached hydrogens (primary N) is 1. The topological polar surface area (TPSA) is 29.3 Å². The highest BCUT2D eigenvalue weighted by molar-refractivity contribution is 5.26. The van der Waals surface area contributed by atoms with Crippen molar-refractivity contribution in [3.63, 3.8) is 0 Å². The molecule has 1 aromatic rings. The normalized spacial score (nSPS) is 22.9. The van der Waals surface area contributed by atoms with Crippen LogP contribution in [-0.2, 0) is 6.54 Å². The molecule has 0 spiro atoms. The lowest BCUT2D eigenvalue weighted by molar-refractivity contribution is 0.308. The van der Waals surface area contributed by atoms with Crippen molar-refractivity contribution in [1.29, 1.82) is 0 Å². The molecule has 2 unspecified atom stereocenters. The van der Waals surface area contributed by atoms with Gasteiger partial charge in [-0.15, -0.1) is 0 Å². The molecule has 17 heavy (non-hydrogen) atoms. The van der Waals surface area contributed by atoms with Gasteiger partial charge in [-0.2, -0.15) is 0 Å². The zero-order valence-corrected chi connectivity index (χ0v) is 10.6. The number of hydrogen-bond acceptors (Lipinski definition) is 2. The van der Waals surface area contributed by atoms with E-state index in [2.05, 4.69) is 11.8 Å². The average Bonchev–Trinajstić information content (AvgIpc) is 2.71. The molecule has 0 aromatic heterocycles. The molecule has 0 aliphatic carbocycles. The summed E-state index contributed by atoms with van der Waals surface area (Å²) in [4.78, 5) is 2.41. The number of likely N-dealkylation sites (tertiary alicyclic amines) is 1. The quantitative estimate of drug-likeness (QED) is 0.872. The molecule has 94 valence electrons. The van der Waals surface area contributed by atoms with Crippen molar-refractivity contribution in [3.05, 3.63) is 35.1 Å². The van der Waals surface area contributed by atoms with E-state index in [0.717, 1.165) is 25.2 Å². The lowest BCUT2D eigenvalue weighted by Gasteiger charge is -2.18. The minimum atomic E-state index is -0.152. The Bertz CT molecular complexity index is 390. The maximum absolute atomic E-state index is 13.0. The molecule has 0 bridgehead atoms. The first-order valence-corrected chi connectivity index (χ1v) is 6.29. The summed E-state index contributed by atoms with van der Waals surface area (Å²) >= 11 is 0. The third-order valence-electron chi connectivity index (χ3n) is 3.75. The first kappa shape index (κ1) is 12.5. The summed E-state index contributed by atoms with van der Waals surface area (Å²) in [6, 6.07) is 5.31. The van der Waals surface area contributed by atoms with E-state index in [1.807, 2.05) is 13.0 Å². The van der Waals surface area contributed by atoms with E-state index in [1.165, 1.54) is 12.0 Å². The van der Waals surface area contributed by atoms with Gasteiger partial charge in [-0.25, -0.2) is 4.39 Å². The molecule has 1 aliphatic heterocycles. The Morgan fingerprint density at radius 2 is 2.29 bits per heavy atom. The van der Waals surface area contributed by atoms with Gasteiger partial charge in [0.05, 0.1) is 0 Å². The van der Waals surface area contributed by atoms with Crippen LogP contribution in [0.5, 0.6) is 0 Å². The van der Waals surface area contributed by atoms with Crippen LogP contribution in [0, 0.1) is 18.7 Å². The maximum atomic E-state index is 13.0. The molecule has 1 heterocycles. The summed E-state index contributed by atoms with van der Waals surface area (Å²) in [5, 5.41) is 0. The monoisotopic (exact) mass is 236 g/mol. The van der Waals surface area contributed by atoms with Crippen LogP contribution in [0.25, 0.3) is 0 Å². The predicted molar refractivity (Wildman–Crippen MR) is 68.2 cm³/mol. The molecule has 1 aromatic carbocycles. The molecule has 2 atom stereocenters. The van der Waals surface area contributed by atoms with Crippen molar-refractivity contribution in [2.24, 2.45) is 11.7 Å². The molecular formula is C14H21FN2. The third kappa shape index (κ3) is 3.05. The molecule has 0 saturated carbocycles. The van der Waals surface area contributed by atoms with E-state index in [4.69, 9.17) is 5.73 Å². The van der Waals surface area contributed by atoms with Crippen molar-refractivity contribution >= 4 is 0 Å². The molecule has 1 saturated heterocycles. The van der Waals surface area contributed by atoms with Gasteiger partial charge in [-0.1, -0.05) is 6.07 Å². The second-order valence-corrected chi connectivity index (χ2v) is 5.21. The van der Waals surface area contributed by atoms with Crippen molar-refractivity contribution in [2.75, 3.05) is 13.1 Å². The second kappa shape index (κ2) is 5.15. The van der Waals surface area contributed by atoms with Crippen LogP contribution in [0.3, 0.4) is 0 Å². The lowest BCUT2D eigenvalue weighted by atomic mass is 10.0. The fraction of sp³-hybridized carbons (Fsp3) is 0.571. The molecule has 2 rings (SSSR count). The summed E-state index contributed by atoms with van der Waals surface area (Å²) in [5.41, 5.74) is 8.18. The first-order chi connectivity index (χ1) is 8.06. The van der Waals surface area contributed by atoms with Gasteiger partial charge in [0, 0.05) is 19.1 Å². The van der Waals surface area contributed by atoms with Crippen molar-refractivity contribution in [2.45, 2.75) is 32.9 Å². The van der Waals surface area contributed by atoms with Gasteiger partial charge in [0.25, 0.3) is 0 Å². The Morgan fingerprint density at radius 3 is 2.88 bits per heavy atom. The van der Waals surface area contributed by atoms with Crippen LogP contribution < -0.4 is 5.73 Å². The Balaban J connectivity index is 1.98. The molecule has 0 radical (unpaired) electrons. The predicted octanol–water partition coefficient (Wildman–Crippen LogP) is 2.30. The fourth-order valence-corrected chi connectivity index (χ4v) is 2.51. The van der Waals surface area contributed by atoms with Crippen molar-refractivity contribution in [1.82, 2.24) is 4.90 Å². The number of hydrogen-bond donors (Lipinski definition) is 1. The lowest BCUT2D eigenvalue weighted by Crippen LogP contribution is -2.29. The van der Waals surface area contributed by atoms with Gasteiger partial charge in [0.2, 0.25) is 0 Å². The maximum Gasteiger partial charge on any atom is 0.123 e. The van der Waals surface area contributed by atoms with E-state index >= 15 is 0 Å². The highest BCUT2D eigenvalue weighted by Gasteiger charge is 2.25. The molecule has 1 fully saturated rings. The Morgan fingerprint density at radius 1 is 1.53 bits per heavy atom. The highest BCUT2D eigenvalue weighted by atomic mass is 19.1. The van der Waals surface area contributed by atoms with Crippen LogP contribution >= 0.6 is 0 Å². The summed E-state index contributed by atoms with van der Waals surface area (Å²) < 4.78 is 13.0. The van der Waals surface area contributed by atoms with Gasteiger partial charge in [-0.05, 0) is 56.0 Å². The molecule has 2 nitrogen and oxygen atoms in total. The van der Waals surface area contributed by atoms with E-state index in [-0.39, 0.29) is 11.9 Å². The van der Waals surface area contributed by atoms with E-state index in [1.54, 1.807) is 12.1 Å². The Hall–Kier alpha value is -0.930. The van der Waals surface area contributed by atoms with E-state index < -0.39 is 0 Å². The number of benzene rings is 1. The van der Waals surface area contributed by atoms with Crippen LogP contribution in [0.2, 0.25) is 0 Å². The summed E-state index contributed by atoms with van der Waals surface area (Å²) in [5.74, 6) is 0.455. The van der Waals surface area contributed by atoms with Crippen molar-refractivity contribution in [3.8, 4) is 0 Å². The minimum Gasteiger partial charge on any atom is -0.328 e. The highest BCUT2D eigenvalue weighted by Crippen LogP contribution is 2.22. The van der Waals surface area contributed by atoms with Gasteiger partial charge in [0.15, 0.2) is 0 Å². The molecule has 0 amide bonds. The van der Waals surface area contributed by atoms with Crippen molar-refractivity contribution < 1.29 is 4.39 Å². The smallest absolute Gasteiger partial charge is 0.123 e. The standard InChI is InChI=1S/C14H21FN2/c1-10-7-14(15)4-3-12(10)8-17-6-5-13(9-17)11(2)16/h3-4,7,11,13H,5-6,8-9,16H2,1-2H3. The van der Waals surface area contributed by atoms with Crippen LogP contribution in [0.4, 0.5) is 4.39 Å². The van der Waals surface area contributed by atoms with E-state index in [0.29, 0.717) is 5.92 Å². The number of nitrogens with zero attached hydrogens (tertiary/aromatic N) is 1. The second-order valence-electron chi connectivity index (χ2n) is 5.21. The zero-order chi connectivity index (χ0) is 12.4. The molecule has 1 aliphatic rings. The Kier molecular flexibility index (Phi) is 3.79. The fourth-order valence-electron chi connectivity index (χ4n) is 2.51. The third-order valence-corrected chi connectivity index (χ3v) is 3.75. The van der Waals surface area contributed by atoms with Gasteiger partial charge in [-0.3, -0.25) is 4.90 Å². The first-order valence-electron chi connectivity index (χ1n) is 6.29. The van der Waals surface area contributed by atoms with Gasteiger partial charge < -0.3 is 5.73 Å². The SMILES string of the molecule is Cc1cc(F)ccc1CN1CCC(C(C)N)C1. The number of aryl methyl sites for hydroxylation is 1. The van der Waals surface area contributed by atoms with Crippen LogP contribution in [-0.4, -0.2) is 24.0 Å². The van der Waals surface area contributed by atoms with Crippen LogP contribution in [0.1, 0.15) is 24.5 Å². The van der Waals surface area contributed by atoms with Gasteiger partial charge in [0.1, 0.15) is 5.82 Å².